The molecule has 7 nitrogen and oxygen atoms in total. The first-order valence-corrected chi connectivity index (χ1v) is 9.08. The summed E-state index contributed by atoms with van der Waals surface area (Å²) >= 11 is 0. The van der Waals surface area contributed by atoms with E-state index in [0.29, 0.717) is 17.7 Å². The third kappa shape index (κ3) is 4.37. The van der Waals surface area contributed by atoms with Gasteiger partial charge in [0.1, 0.15) is 13.2 Å². The SMILES string of the molecule is CO/N=C1/C[C@@H](C(=O)NCCO)N(C(=O)c2ccc(-c3ccccc3)cc2)C1. The lowest BCUT2D eigenvalue weighted by Crippen LogP contribution is -2.46. The number of hydrogen-bond donors (Lipinski definition) is 2. The van der Waals surface area contributed by atoms with Gasteiger partial charge in [0, 0.05) is 18.5 Å². The molecule has 1 aliphatic heterocycles. The van der Waals surface area contributed by atoms with E-state index in [9.17, 15) is 9.59 Å². The third-order valence-electron chi connectivity index (χ3n) is 4.59. The molecular formula is C21H23N3O4. The molecular weight excluding hydrogens is 358 g/mol. The fourth-order valence-electron chi connectivity index (χ4n) is 3.25. The lowest BCUT2D eigenvalue weighted by molar-refractivity contribution is -0.124. The highest BCUT2D eigenvalue weighted by Crippen LogP contribution is 2.23. The van der Waals surface area contributed by atoms with Gasteiger partial charge in [-0.1, -0.05) is 47.6 Å². The second kappa shape index (κ2) is 9.14. The zero-order valence-corrected chi connectivity index (χ0v) is 15.7. The summed E-state index contributed by atoms with van der Waals surface area (Å²) in [6, 6.07) is 16.5. The Bertz CT molecular complexity index is 850. The molecule has 0 spiro atoms. The molecule has 0 radical (unpaired) electrons. The number of rotatable bonds is 6. The van der Waals surface area contributed by atoms with Gasteiger partial charge >= 0.3 is 0 Å². The number of carbonyl (C=O) groups excluding carboxylic acids is 2. The summed E-state index contributed by atoms with van der Waals surface area (Å²) in [5.41, 5.74) is 3.20. The van der Waals surface area contributed by atoms with Gasteiger partial charge < -0.3 is 20.2 Å². The van der Waals surface area contributed by atoms with E-state index in [2.05, 4.69) is 10.5 Å². The van der Waals surface area contributed by atoms with E-state index in [1.54, 1.807) is 12.1 Å². The standard InChI is InChI=1S/C21H23N3O4/c1-28-23-18-13-19(20(26)22-11-12-25)24(14-18)21(27)17-9-7-16(8-10-17)15-5-3-2-4-6-15/h2-10,19,25H,11-14H2,1H3,(H,22,26)/b23-18-/t19-/m0/s1. The van der Waals surface area contributed by atoms with Crippen LogP contribution in [0.4, 0.5) is 0 Å². The minimum absolute atomic E-state index is 0.139. The quantitative estimate of drug-likeness (QED) is 0.745. The van der Waals surface area contributed by atoms with Crippen LogP contribution in [0.2, 0.25) is 0 Å². The topological polar surface area (TPSA) is 91.2 Å². The Morgan fingerprint density at radius 1 is 1.14 bits per heavy atom. The molecule has 1 saturated heterocycles. The molecule has 0 bridgehead atoms. The fourth-order valence-corrected chi connectivity index (χ4v) is 3.25. The Morgan fingerprint density at radius 3 is 2.46 bits per heavy atom. The molecule has 2 aromatic rings. The molecule has 3 rings (SSSR count). The molecule has 2 aromatic carbocycles. The van der Waals surface area contributed by atoms with Crippen molar-refractivity contribution in [1.82, 2.24) is 10.2 Å². The molecule has 0 aromatic heterocycles. The second-order valence-electron chi connectivity index (χ2n) is 6.45. The summed E-state index contributed by atoms with van der Waals surface area (Å²) in [7, 11) is 1.43. The molecule has 2 amide bonds. The van der Waals surface area contributed by atoms with Crippen molar-refractivity contribution < 1.29 is 19.5 Å². The van der Waals surface area contributed by atoms with E-state index in [4.69, 9.17) is 9.94 Å². The van der Waals surface area contributed by atoms with Crippen molar-refractivity contribution in [3.05, 3.63) is 60.2 Å². The second-order valence-corrected chi connectivity index (χ2v) is 6.45. The molecule has 146 valence electrons. The van der Waals surface area contributed by atoms with E-state index in [0.717, 1.165) is 11.1 Å². The van der Waals surface area contributed by atoms with Crippen LogP contribution in [-0.4, -0.2) is 60.4 Å². The average molecular weight is 381 g/mol. The van der Waals surface area contributed by atoms with E-state index < -0.39 is 6.04 Å². The normalized spacial score (nSPS) is 17.6. The first-order chi connectivity index (χ1) is 13.6. The summed E-state index contributed by atoms with van der Waals surface area (Å²) in [6.07, 6.45) is 0.305. The highest BCUT2D eigenvalue weighted by Gasteiger charge is 2.38. The van der Waals surface area contributed by atoms with Crippen molar-refractivity contribution in [3.63, 3.8) is 0 Å². The maximum absolute atomic E-state index is 13.0. The van der Waals surface area contributed by atoms with Crippen LogP contribution in [-0.2, 0) is 9.63 Å². The summed E-state index contributed by atoms with van der Waals surface area (Å²) < 4.78 is 0. The van der Waals surface area contributed by atoms with Crippen molar-refractivity contribution in [1.29, 1.82) is 0 Å². The molecule has 0 saturated carbocycles. The van der Waals surface area contributed by atoms with Crippen molar-refractivity contribution in [2.45, 2.75) is 12.5 Å². The molecule has 2 N–H and O–H groups in total. The Kier molecular flexibility index (Phi) is 6.39. The zero-order chi connectivity index (χ0) is 19.9. The highest BCUT2D eigenvalue weighted by atomic mass is 16.6. The van der Waals surface area contributed by atoms with Gasteiger partial charge in [0.25, 0.3) is 5.91 Å². The minimum Gasteiger partial charge on any atom is -0.399 e. The molecule has 1 atom stereocenters. The van der Waals surface area contributed by atoms with E-state index >= 15 is 0 Å². The van der Waals surface area contributed by atoms with Crippen LogP contribution in [0.25, 0.3) is 11.1 Å². The Hall–Kier alpha value is -3.19. The first kappa shape index (κ1) is 19.6. The molecule has 1 heterocycles. The molecule has 1 aliphatic rings. The first-order valence-electron chi connectivity index (χ1n) is 9.08. The van der Waals surface area contributed by atoms with Crippen molar-refractivity contribution in [2.24, 2.45) is 5.16 Å². The lowest BCUT2D eigenvalue weighted by atomic mass is 10.0. The number of likely N-dealkylation sites (tertiary alicyclic amines) is 1. The summed E-state index contributed by atoms with van der Waals surface area (Å²) in [5.74, 6) is -0.560. The summed E-state index contributed by atoms with van der Waals surface area (Å²) in [4.78, 5) is 31.8. The lowest BCUT2D eigenvalue weighted by Gasteiger charge is -2.23. The van der Waals surface area contributed by atoms with Gasteiger partial charge in [0.05, 0.1) is 18.9 Å². The van der Waals surface area contributed by atoms with Gasteiger partial charge in [-0.25, -0.2) is 0 Å². The molecule has 0 aliphatic carbocycles. The van der Waals surface area contributed by atoms with Crippen molar-refractivity contribution in [3.8, 4) is 11.1 Å². The molecule has 28 heavy (non-hydrogen) atoms. The number of aliphatic hydroxyl groups excluding tert-OH is 1. The Labute approximate surface area is 163 Å². The number of nitrogens with one attached hydrogen (secondary N) is 1. The van der Waals surface area contributed by atoms with Crippen LogP contribution < -0.4 is 5.32 Å². The van der Waals surface area contributed by atoms with E-state index in [1.165, 1.54) is 12.0 Å². The van der Waals surface area contributed by atoms with Gasteiger partial charge in [-0.2, -0.15) is 0 Å². The summed E-state index contributed by atoms with van der Waals surface area (Å²) in [5, 5.41) is 15.5. The van der Waals surface area contributed by atoms with Crippen LogP contribution in [0.1, 0.15) is 16.8 Å². The van der Waals surface area contributed by atoms with Crippen molar-refractivity contribution >= 4 is 17.5 Å². The number of aliphatic hydroxyl groups is 1. The van der Waals surface area contributed by atoms with Crippen LogP contribution in [0.15, 0.2) is 59.8 Å². The molecule has 1 fully saturated rings. The highest BCUT2D eigenvalue weighted by molar-refractivity contribution is 6.05. The van der Waals surface area contributed by atoms with Crippen LogP contribution in [0.5, 0.6) is 0 Å². The van der Waals surface area contributed by atoms with Gasteiger partial charge in [-0.15, -0.1) is 0 Å². The van der Waals surface area contributed by atoms with Gasteiger partial charge in [-0.3, -0.25) is 9.59 Å². The smallest absolute Gasteiger partial charge is 0.254 e. The zero-order valence-electron chi connectivity index (χ0n) is 15.7. The Balaban J connectivity index is 1.80. The Morgan fingerprint density at radius 2 is 1.82 bits per heavy atom. The molecule has 0 unspecified atom stereocenters. The van der Waals surface area contributed by atoms with E-state index in [-0.39, 0.29) is 31.5 Å². The number of amides is 2. The van der Waals surface area contributed by atoms with Crippen LogP contribution in [0.3, 0.4) is 0 Å². The maximum atomic E-state index is 13.0. The molecule has 7 heteroatoms. The van der Waals surface area contributed by atoms with Crippen molar-refractivity contribution in [2.75, 3.05) is 26.8 Å². The largest absolute Gasteiger partial charge is 0.399 e. The summed E-state index contributed by atoms with van der Waals surface area (Å²) in [6.45, 7) is 0.205. The van der Waals surface area contributed by atoms with E-state index in [1.807, 2.05) is 42.5 Å². The number of benzene rings is 2. The predicted molar refractivity (Wildman–Crippen MR) is 106 cm³/mol. The van der Waals surface area contributed by atoms with Gasteiger partial charge in [0.15, 0.2) is 0 Å². The van der Waals surface area contributed by atoms with Crippen LogP contribution in [0, 0.1) is 0 Å². The maximum Gasteiger partial charge on any atom is 0.254 e. The minimum atomic E-state index is -0.679. The van der Waals surface area contributed by atoms with Gasteiger partial charge in [0.2, 0.25) is 5.91 Å². The number of oxime groups is 1. The van der Waals surface area contributed by atoms with Gasteiger partial charge in [-0.05, 0) is 23.3 Å². The number of nitrogens with zero attached hydrogens (tertiary/aromatic N) is 2. The number of hydrogen-bond acceptors (Lipinski definition) is 5. The van der Waals surface area contributed by atoms with Crippen LogP contribution >= 0.6 is 0 Å². The fraction of sp³-hybridized carbons (Fsp3) is 0.286. The average Bonchev–Trinajstić information content (AvgIpc) is 3.16. The third-order valence-corrected chi connectivity index (χ3v) is 4.59. The number of carbonyl (C=O) groups is 2. The predicted octanol–water partition coefficient (Wildman–Crippen LogP) is 1.68. The monoisotopic (exact) mass is 381 g/mol.